The number of sulfone groups is 1. The summed E-state index contributed by atoms with van der Waals surface area (Å²) in [6, 6.07) is 9.20. The Hall–Kier alpha value is -2.04. The van der Waals surface area contributed by atoms with E-state index in [0.29, 0.717) is 5.89 Å². The topological polar surface area (TPSA) is 102 Å². The monoisotopic (exact) mass is 427 g/mol. The lowest BCUT2D eigenvalue weighted by Gasteiger charge is -2.02. The molecule has 0 aliphatic heterocycles. The van der Waals surface area contributed by atoms with Crippen LogP contribution in [-0.4, -0.2) is 30.8 Å². The van der Waals surface area contributed by atoms with Gasteiger partial charge in [0.25, 0.3) is 11.8 Å². The summed E-state index contributed by atoms with van der Waals surface area (Å²) in [5.41, 5.74) is 0.279. The van der Waals surface area contributed by atoms with Crippen molar-refractivity contribution < 1.29 is 17.6 Å². The zero-order chi connectivity index (χ0) is 17.3. The first-order valence-electron chi connectivity index (χ1n) is 6.53. The van der Waals surface area contributed by atoms with Crippen LogP contribution in [0, 0.1) is 0 Å². The van der Waals surface area contributed by atoms with Gasteiger partial charge < -0.3 is 4.42 Å². The van der Waals surface area contributed by atoms with E-state index in [9.17, 15) is 13.2 Å². The maximum absolute atomic E-state index is 12.1. The minimum absolute atomic E-state index is 0.0355. The smallest absolute Gasteiger partial charge is 0.322 e. The van der Waals surface area contributed by atoms with Crippen molar-refractivity contribution in [3.05, 3.63) is 45.7 Å². The van der Waals surface area contributed by atoms with E-state index in [1.54, 1.807) is 0 Å². The van der Waals surface area contributed by atoms with Crippen LogP contribution in [0.25, 0.3) is 10.8 Å². The van der Waals surface area contributed by atoms with E-state index in [4.69, 9.17) is 4.42 Å². The van der Waals surface area contributed by atoms with Crippen molar-refractivity contribution in [2.24, 2.45) is 0 Å². The molecule has 3 aromatic rings. The molecule has 0 atom stereocenters. The normalized spacial score (nSPS) is 11.4. The third-order valence-corrected chi connectivity index (χ3v) is 5.71. The van der Waals surface area contributed by atoms with Crippen molar-refractivity contribution in [3.63, 3.8) is 0 Å². The van der Waals surface area contributed by atoms with Crippen molar-refractivity contribution in [3.8, 4) is 10.8 Å². The SMILES string of the molecule is CS(=O)(=O)c1ccc(C(=O)Nc2nnc(-c3ccc(Br)s3)o2)cc1. The van der Waals surface area contributed by atoms with Gasteiger partial charge in [0.2, 0.25) is 0 Å². The van der Waals surface area contributed by atoms with Gasteiger partial charge in [0.05, 0.1) is 13.6 Å². The summed E-state index contributed by atoms with van der Waals surface area (Å²) < 4.78 is 29.1. The van der Waals surface area contributed by atoms with E-state index in [-0.39, 0.29) is 16.5 Å². The van der Waals surface area contributed by atoms with Crippen LogP contribution in [0.15, 0.2) is 49.5 Å². The van der Waals surface area contributed by atoms with Crippen molar-refractivity contribution in [2.75, 3.05) is 11.6 Å². The number of rotatable bonds is 4. The number of nitrogens with zero attached hydrogens (tertiary/aromatic N) is 2. The second kappa shape index (κ2) is 6.46. The highest BCUT2D eigenvalue weighted by molar-refractivity contribution is 9.11. The molecular formula is C14H10BrN3O4S2. The van der Waals surface area contributed by atoms with Crippen LogP contribution in [0.2, 0.25) is 0 Å². The number of nitrogens with one attached hydrogen (secondary N) is 1. The number of carbonyl (C=O) groups is 1. The molecule has 1 aromatic carbocycles. The first-order chi connectivity index (χ1) is 11.3. The molecular weight excluding hydrogens is 418 g/mol. The Bertz CT molecular complexity index is 993. The number of anilines is 1. The molecule has 0 unspecified atom stereocenters. The lowest BCUT2D eigenvalue weighted by atomic mass is 10.2. The van der Waals surface area contributed by atoms with Crippen LogP contribution in [0.4, 0.5) is 6.01 Å². The van der Waals surface area contributed by atoms with Gasteiger partial charge in [-0.25, -0.2) is 8.42 Å². The summed E-state index contributed by atoms with van der Waals surface area (Å²) in [5, 5.41) is 10.1. The summed E-state index contributed by atoms with van der Waals surface area (Å²) in [6.45, 7) is 0. The summed E-state index contributed by atoms with van der Waals surface area (Å²) in [7, 11) is -3.30. The first kappa shape index (κ1) is 16.8. The number of halogens is 1. The predicted molar refractivity (Wildman–Crippen MR) is 92.8 cm³/mol. The number of hydrogen-bond acceptors (Lipinski definition) is 7. The molecule has 2 aromatic heterocycles. The summed E-state index contributed by atoms with van der Waals surface area (Å²) in [5.74, 6) is -0.175. The van der Waals surface area contributed by atoms with Crippen LogP contribution < -0.4 is 5.32 Å². The summed E-state index contributed by atoms with van der Waals surface area (Å²) in [4.78, 5) is 13.0. The molecule has 3 rings (SSSR count). The Kier molecular flexibility index (Phi) is 4.52. The third kappa shape index (κ3) is 3.71. The van der Waals surface area contributed by atoms with E-state index in [0.717, 1.165) is 14.9 Å². The molecule has 124 valence electrons. The molecule has 0 spiro atoms. The average molecular weight is 428 g/mol. The summed E-state index contributed by atoms with van der Waals surface area (Å²) >= 11 is 4.77. The van der Waals surface area contributed by atoms with Gasteiger partial charge in [-0.2, -0.15) is 0 Å². The number of aromatic nitrogens is 2. The molecule has 0 bridgehead atoms. The van der Waals surface area contributed by atoms with Crippen LogP contribution in [0.5, 0.6) is 0 Å². The van der Waals surface area contributed by atoms with Crippen LogP contribution in [-0.2, 0) is 9.84 Å². The van der Waals surface area contributed by atoms with Gasteiger partial charge in [-0.05, 0) is 52.3 Å². The van der Waals surface area contributed by atoms with Gasteiger partial charge in [-0.3, -0.25) is 10.1 Å². The summed E-state index contributed by atoms with van der Waals surface area (Å²) in [6.07, 6.45) is 1.10. The second-order valence-corrected chi connectivity index (χ2v) is 9.25. The minimum atomic E-state index is -3.30. The maximum Gasteiger partial charge on any atom is 0.322 e. The average Bonchev–Trinajstić information content (AvgIpc) is 3.15. The van der Waals surface area contributed by atoms with Gasteiger partial charge >= 0.3 is 6.01 Å². The first-order valence-corrected chi connectivity index (χ1v) is 10.0. The van der Waals surface area contributed by atoms with E-state index < -0.39 is 15.7 Å². The highest BCUT2D eigenvalue weighted by atomic mass is 79.9. The van der Waals surface area contributed by atoms with Crippen LogP contribution in [0.3, 0.4) is 0 Å². The lowest BCUT2D eigenvalue weighted by molar-refractivity contribution is 0.102. The quantitative estimate of drug-likeness (QED) is 0.685. The van der Waals surface area contributed by atoms with Crippen molar-refractivity contribution in [2.45, 2.75) is 4.90 Å². The van der Waals surface area contributed by atoms with E-state index in [1.807, 2.05) is 12.1 Å². The molecule has 0 aliphatic rings. The van der Waals surface area contributed by atoms with Crippen LogP contribution >= 0.6 is 27.3 Å². The lowest BCUT2D eigenvalue weighted by Crippen LogP contribution is -2.12. The van der Waals surface area contributed by atoms with E-state index in [2.05, 4.69) is 31.4 Å². The number of carbonyl (C=O) groups excluding carboxylic acids is 1. The molecule has 0 radical (unpaired) electrons. The van der Waals surface area contributed by atoms with Gasteiger partial charge in [-0.15, -0.1) is 16.4 Å². The predicted octanol–water partition coefficient (Wildman–Crippen LogP) is 3.22. The molecule has 2 heterocycles. The zero-order valence-corrected chi connectivity index (χ0v) is 15.4. The Labute approximate surface area is 149 Å². The van der Waals surface area contributed by atoms with Gasteiger partial charge in [0.15, 0.2) is 9.84 Å². The highest BCUT2D eigenvalue weighted by Gasteiger charge is 2.15. The maximum atomic E-state index is 12.1. The Morgan fingerprint density at radius 2 is 1.88 bits per heavy atom. The number of hydrogen-bond donors (Lipinski definition) is 1. The van der Waals surface area contributed by atoms with Crippen molar-refractivity contribution in [1.29, 1.82) is 0 Å². The molecule has 1 N–H and O–H groups in total. The van der Waals surface area contributed by atoms with Gasteiger partial charge in [0.1, 0.15) is 0 Å². The van der Waals surface area contributed by atoms with Gasteiger partial charge in [-0.1, -0.05) is 5.10 Å². The molecule has 10 heteroatoms. The molecule has 1 amide bonds. The molecule has 24 heavy (non-hydrogen) atoms. The number of benzene rings is 1. The minimum Gasteiger partial charge on any atom is -0.402 e. The van der Waals surface area contributed by atoms with E-state index in [1.165, 1.54) is 35.6 Å². The molecule has 7 nitrogen and oxygen atoms in total. The number of thiophene rings is 1. The van der Waals surface area contributed by atoms with Crippen molar-refractivity contribution in [1.82, 2.24) is 10.2 Å². The molecule has 0 saturated carbocycles. The van der Waals surface area contributed by atoms with Gasteiger partial charge in [0, 0.05) is 11.8 Å². The fraction of sp³-hybridized carbons (Fsp3) is 0.0714. The fourth-order valence-electron chi connectivity index (χ4n) is 1.83. The second-order valence-electron chi connectivity index (χ2n) is 4.77. The van der Waals surface area contributed by atoms with Crippen molar-refractivity contribution >= 4 is 49.0 Å². The Morgan fingerprint density at radius 3 is 2.46 bits per heavy atom. The fourth-order valence-corrected chi connectivity index (χ4v) is 3.76. The van der Waals surface area contributed by atoms with E-state index >= 15 is 0 Å². The molecule has 0 fully saturated rings. The Morgan fingerprint density at radius 1 is 1.17 bits per heavy atom. The zero-order valence-electron chi connectivity index (χ0n) is 12.2. The Balaban J connectivity index is 1.74. The molecule has 0 aliphatic carbocycles. The number of amides is 1. The molecule has 0 saturated heterocycles. The highest BCUT2D eigenvalue weighted by Crippen LogP contribution is 2.31. The standard InChI is InChI=1S/C14H10BrN3O4S2/c1-24(20,21)9-4-2-8(3-5-9)12(19)16-14-18-17-13(22-14)10-6-7-11(15)23-10/h2-7H,1H3,(H,16,18,19). The third-order valence-electron chi connectivity index (χ3n) is 2.97. The largest absolute Gasteiger partial charge is 0.402 e. The van der Waals surface area contributed by atoms with Crippen LogP contribution in [0.1, 0.15) is 10.4 Å².